The highest BCUT2D eigenvalue weighted by molar-refractivity contribution is 9.10. The maximum Gasteiger partial charge on any atom is 0.193 e. The first-order chi connectivity index (χ1) is 8.08. The van der Waals surface area contributed by atoms with Crippen LogP contribution in [0.15, 0.2) is 46.9 Å². The van der Waals surface area contributed by atoms with Crippen LogP contribution in [-0.4, -0.2) is 5.78 Å². The highest BCUT2D eigenvalue weighted by Crippen LogP contribution is 2.19. The molecule has 0 bridgehead atoms. The Labute approximate surface area is 114 Å². The van der Waals surface area contributed by atoms with Gasteiger partial charge in [-0.3, -0.25) is 4.79 Å². The molecule has 0 amide bonds. The number of carbonyl (C=O) groups is 1. The standard InChI is InChI=1S/C14H10BrClO/c1-9-8-12(16)6-7-13(9)14(17)10-2-4-11(15)5-3-10/h2-8H,1H3. The van der Waals surface area contributed by atoms with Crippen molar-refractivity contribution in [1.82, 2.24) is 0 Å². The van der Waals surface area contributed by atoms with E-state index in [4.69, 9.17) is 11.6 Å². The molecule has 0 radical (unpaired) electrons. The van der Waals surface area contributed by atoms with Crippen molar-refractivity contribution in [3.05, 3.63) is 68.7 Å². The van der Waals surface area contributed by atoms with Crippen LogP contribution >= 0.6 is 27.5 Å². The molecule has 86 valence electrons. The molecule has 0 heterocycles. The van der Waals surface area contributed by atoms with Gasteiger partial charge in [-0.15, -0.1) is 0 Å². The number of hydrogen-bond donors (Lipinski definition) is 0. The molecule has 0 aliphatic heterocycles. The van der Waals surface area contributed by atoms with E-state index in [-0.39, 0.29) is 5.78 Å². The molecule has 2 aromatic rings. The van der Waals surface area contributed by atoms with Gasteiger partial charge in [-0.05, 0) is 55.0 Å². The monoisotopic (exact) mass is 308 g/mol. The van der Waals surface area contributed by atoms with Gasteiger partial charge in [0, 0.05) is 20.6 Å². The molecule has 2 aromatic carbocycles. The second-order valence-electron chi connectivity index (χ2n) is 3.80. The summed E-state index contributed by atoms with van der Waals surface area (Å²) in [6.45, 7) is 1.89. The molecule has 17 heavy (non-hydrogen) atoms. The van der Waals surface area contributed by atoms with Gasteiger partial charge in [-0.1, -0.05) is 27.5 Å². The summed E-state index contributed by atoms with van der Waals surface area (Å²) in [7, 11) is 0. The lowest BCUT2D eigenvalue weighted by Gasteiger charge is -2.05. The summed E-state index contributed by atoms with van der Waals surface area (Å²) in [6, 6.07) is 12.6. The molecule has 0 spiro atoms. The van der Waals surface area contributed by atoms with E-state index in [2.05, 4.69) is 15.9 Å². The van der Waals surface area contributed by atoms with Crippen LogP contribution < -0.4 is 0 Å². The van der Waals surface area contributed by atoms with Crippen LogP contribution in [0.3, 0.4) is 0 Å². The summed E-state index contributed by atoms with van der Waals surface area (Å²) in [5.74, 6) is 0.0201. The lowest BCUT2D eigenvalue weighted by atomic mass is 9.99. The minimum atomic E-state index is 0.0201. The summed E-state index contributed by atoms with van der Waals surface area (Å²) in [6.07, 6.45) is 0. The summed E-state index contributed by atoms with van der Waals surface area (Å²) < 4.78 is 0.960. The van der Waals surface area contributed by atoms with Gasteiger partial charge in [0.2, 0.25) is 0 Å². The molecule has 2 rings (SSSR count). The maximum absolute atomic E-state index is 12.2. The zero-order valence-corrected chi connectivity index (χ0v) is 11.5. The predicted molar refractivity (Wildman–Crippen MR) is 73.8 cm³/mol. The van der Waals surface area contributed by atoms with Gasteiger partial charge in [0.1, 0.15) is 0 Å². The number of carbonyl (C=O) groups excluding carboxylic acids is 1. The lowest BCUT2D eigenvalue weighted by Crippen LogP contribution is -2.03. The van der Waals surface area contributed by atoms with Gasteiger partial charge >= 0.3 is 0 Å². The average Bonchev–Trinajstić information content (AvgIpc) is 2.29. The van der Waals surface area contributed by atoms with E-state index in [9.17, 15) is 4.79 Å². The molecule has 1 nitrogen and oxygen atoms in total. The van der Waals surface area contributed by atoms with Gasteiger partial charge in [0.15, 0.2) is 5.78 Å². The third kappa shape index (κ3) is 2.76. The van der Waals surface area contributed by atoms with Gasteiger partial charge in [0.05, 0.1) is 0 Å². The summed E-state index contributed by atoms with van der Waals surface area (Å²) in [5, 5.41) is 0.648. The average molecular weight is 310 g/mol. The Morgan fingerprint density at radius 3 is 2.35 bits per heavy atom. The molecule has 0 aromatic heterocycles. The normalized spacial score (nSPS) is 10.3. The Kier molecular flexibility index (Phi) is 3.65. The third-order valence-electron chi connectivity index (χ3n) is 2.54. The van der Waals surface area contributed by atoms with E-state index >= 15 is 0 Å². The smallest absolute Gasteiger partial charge is 0.193 e. The van der Waals surface area contributed by atoms with Gasteiger partial charge in [-0.2, -0.15) is 0 Å². The van der Waals surface area contributed by atoms with E-state index in [1.807, 2.05) is 19.1 Å². The highest BCUT2D eigenvalue weighted by atomic mass is 79.9. The predicted octanol–water partition coefficient (Wildman–Crippen LogP) is 4.64. The number of hydrogen-bond acceptors (Lipinski definition) is 1. The molecule has 0 aliphatic carbocycles. The summed E-state index contributed by atoms with van der Waals surface area (Å²) >= 11 is 9.22. The zero-order valence-electron chi connectivity index (χ0n) is 9.21. The number of ketones is 1. The lowest BCUT2D eigenvalue weighted by molar-refractivity contribution is 0.103. The molecular formula is C14H10BrClO. The fraction of sp³-hybridized carbons (Fsp3) is 0.0714. The van der Waals surface area contributed by atoms with Crippen LogP contribution in [0.1, 0.15) is 21.5 Å². The van der Waals surface area contributed by atoms with Gasteiger partial charge < -0.3 is 0 Å². The van der Waals surface area contributed by atoms with E-state index in [0.717, 1.165) is 10.0 Å². The number of halogens is 2. The van der Waals surface area contributed by atoms with Crippen molar-refractivity contribution in [3.63, 3.8) is 0 Å². The molecule has 0 saturated heterocycles. The number of aryl methyl sites for hydroxylation is 1. The SMILES string of the molecule is Cc1cc(Cl)ccc1C(=O)c1ccc(Br)cc1. The van der Waals surface area contributed by atoms with E-state index in [1.54, 1.807) is 30.3 Å². The van der Waals surface area contributed by atoms with Crippen LogP contribution in [-0.2, 0) is 0 Å². The second kappa shape index (κ2) is 5.03. The van der Waals surface area contributed by atoms with Crippen molar-refractivity contribution < 1.29 is 4.79 Å². The molecule has 0 atom stereocenters. The van der Waals surface area contributed by atoms with Crippen LogP contribution in [0.25, 0.3) is 0 Å². The Morgan fingerprint density at radius 2 is 1.76 bits per heavy atom. The zero-order chi connectivity index (χ0) is 12.4. The first-order valence-corrected chi connectivity index (χ1v) is 6.31. The van der Waals surface area contributed by atoms with E-state index in [1.165, 1.54) is 0 Å². The number of rotatable bonds is 2. The highest BCUT2D eigenvalue weighted by Gasteiger charge is 2.11. The first-order valence-electron chi connectivity index (χ1n) is 5.14. The largest absolute Gasteiger partial charge is 0.289 e. The molecule has 0 unspecified atom stereocenters. The van der Waals surface area contributed by atoms with Crippen molar-refractivity contribution in [3.8, 4) is 0 Å². The van der Waals surface area contributed by atoms with E-state index < -0.39 is 0 Å². The van der Waals surface area contributed by atoms with Crippen LogP contribution in [0, 0.1) is 6.92 Å². The van der Waals surface area contributed by atoms with E-state index in [0.29, 0.717) is 16.1 Å². The van der Waals surface area contributed by atoms with Crippen molar-refractivity contribution in [2.75, 3.05) is 0 Å². The van der Waals surface area contributed by atoms with Crippen molar-refractivity contribution in [2.45, 2.75) is 6.92 Å². The Morgan fingerprint density at radius 1 is 1.12 bits per heavy atom. The van der Waals surface area contributed by atoms with Crippen LogP contribution in [0.4, 0.5) is 0 Å². The fourth-order valence-corrected chi connectivity index (χ4v) is 2.13. The Balaban J connectivity index is 2.40. The number of benzene rings is 2. The minimum absolute atomic E-state index is 0.0201. The van der Waals surface area contributed by atoms with Crippen molar-refractivity contribution in [1.29, 1.82) is 0 Å². The Bertz CT molecular complexity index is 561. The topological polar surface area (TPSA) is 17.1 Å². The molecular weight excluding hydrogens is 300 g/mol. The molecule has 0 N–H and O–H groups in total. The fourth-order valence-electron chi connectivity index (χ4n) is 1.64. The van der Waals surface area contributed by atoms with Crippen LogP contribution in [0.2, 0.25) is 5.02 Å². The first kappa shape index (κ1) is 12.3. The molecule has 0 saturated carbocycles. The molecule has 0 fully saturated rings. The van der Waals surface area contributed by atoms with Gasteiger partial charge in [0.25, 0.3) is 0 Å². The third-order valence-corrected chi connectivity index (χ3v) is 3.30. The van der Waals surface area contributed by atoms with Gasteiger partial charge in [-0.25, -0.2) is 0 Å². The summed E-state index contributed by atoms with van der Waals surface area (Å²) in [4.78, 5) is 12.2. The minimum Gasteiger partial charge on any atom is -0.289 e. The molecule has 0 aliphatic rings. The molecule has 3 heteroatoms. The van der Waals surface area contributed by atoms with Crippen molar-refractivity contribution >= 4 is 33.3 Å². The quantitative estimate of drug-likeness (QED) is 0.738. The summed E-state index contributed by atoms with van der Waals surface area (Å²) in [5.41, 5.74) is 2.26. The second-order valence-corrected chi connectivity index (χ2v) is 5.15. The maximum atomic E-state index is 12.2. The van der Waals surface area contributed by atoms with Crippen molar-refractivity contribution in [2.24, 2.45) is 0 Å². The Hall–Kier alpha value is -1.12. The van der Waals surface area contributed by atoms with Crippen LogP contribution in [0.5, 0.6) is 0 Å².